The van der Waals surface area contributed by atoms with Crippen LogP contribution in [0.1, 0.15) is 164 Å². The summed E-state index contributed by atoms with van der Waals surface area (Å²) in [4.78, 5) is 22.5. The zero-order chi connectivity index (χ0) is 36.9. The summed E-state index contributed by atoms with van der Waals surface area (Å²) in [6.45, 7) is 20.6. The Bertz CT molecular complexity index is 2160. The number of allylic oxidation sites excluding steroid dienone is 4. The van der Waals surface area contributed by atoms with Gasteiger partial charge in [-0.2, -0.15) is 0 Å². The van der Waals surface area contributed by atoms with E-state index in [1.54, 1.807) is 0 Å². The van der Waals surface area contributed by atoms with Gasteiger partial charge in [-0.25, -0.2) is 9.97 Å². The smallest absolute Gasteiger partial charge is 0.657 e. The van der Waals surface area contributed by atoms with E-state index in [1.807, 2.05) is 0 Å². The van der Waals surface area contributed by atoms with Gasteiger partial charge in [0.15, 0.2) is 0 Å². The third-order valence-corrected chi connectivity index (χ3v) is 11.5. The van der Waals surface area contributed by atoms with Gasteiger partial charge in [-0.3, -0.25) is 0 Å². The number of benzene rings is 1. The zero-order valence-corrected chi connectivity index (χ0v) is 34.8. The molecule has 3 aromatic heterocycles. The minimum absolute atomic E-state index is 0. The normalized spacial score (nSPS) is 12.9. The number of unbranched alkanes of at least 4 members (excludes halogenated alkanes) is 3. The molecule has 0 unspecified atom stereocenters. The van der Waals surface area contributed by atoms with Crippen LogP contribution in [0.15, 0.2) is 42.5 Å². The maximum absolute atomic E-state index is 5.83. The molecule has 2 aliphatic heterocycles. The van der Waals surface area contributed by atoms with Crippen LogP contribution in [0.25, 0.3) is 55.5 Å². The van der Waals surface area contributed by atoms with Gasteiger partial charge in [-0.15, -0.1) is 22.1 Å². The van der Waals surface area contributed by atoms with Crippen LogP contribution < -0.4 is 9.97 Å². The molecule has 282 valence electrons. The fourth-order valence-electron chi connectivity index (χ4n) is 9.03. The number of hydrogen-bond donors (Lipinski definition) is 0. The molecule has 0 fully saturated rings. The molecule has 0 saturated heterocycles. The number of rotatable bonds is 14. The number of fused-ring (bicyclic) bond motifs is 8. The summed E-state index contributed by atoms with van der Waals surface area (Å²) in [7, 11) is 0. The first-order valence-electron chi connectivity index (χ1n) is 20.7. The molecule has 0 saturated carbocycles. The molecule has 0 aliphatic carbocycles. The fraction of sp³-hybridized carbons (Fsp3) is 0.458. The SMILES string of the molecule is CCCCCCc1c2nc(c(-c3ccccc3)c3[n-]c(cc4nc(cc5[n-]c1c(CC)c5CC)C(CC)=C4CC)c(CC)c3CC)C(CC)=C2CC.[Ni+2]. The molecule has 1 aromatic carbocycles. The van der Waals surface area contributed by atoms with Crippen molar-refractivity contribution in [2.45, 2.75) is 146 Å². The van der Waals surface area contributed by atoms with Crippen LogP contribution in [-0.4, -0.2) is 9.97 Å². The minimum atomic E-state index is 0. The molecule has 8 bridgehead atoms. The number of aryl methyl sites for hydroxylation is 5. The van der Waals surface area contributed by atoms with Crippen LogP contribution >= 0.6 is 0 Å². The van der Waals surface area contributed by atoms with Crippen molar-refractivity contribution in [1.82, 2.24) is 19.9 Å². The van der Waals surface area contributed by atoms with Gasteiger partial charge in [0.2, 0.25) is 0 Å². The summed E-state index contributed by atoms with van der Waals surface area (Å²) in [6, 6.07) is 15.5. The molecule has 6 rings (SSSR count). The molecule has 0 N–H and O–H groups in total. The van der Waals surface area contributed by atoms with Gasteiger partial charge in [0.05, 0.1) is 22.8 Å². The van der Waals surface area contributed by atoms with Crippen LogP contribution in [-0.2, 0) is 48.6 Å². The van der Waals surface area contributed by atoms with Crippen molar-refractivity contribution in [2.24, 2.45) is 0 Å². The number of hydrogen-bond acceptors (Lipinski definition) is 2. The van der Waals surface area contributed by atoms with Crippen molar-refractivity contribution in [2.75, 3.05) is 0 Å². The van der Waals surface area contributed by atoms with Crippen molar-refractivity contribution in [3.05, 3.63) is 93.1 Å². The minimum Gasteiger partial charge on any atom is -0.657 e. The molecule has 0 spiro atoms. The van der Waals surface area contributed by atoms with Gasteiger partial charge in [-0.05, 0) is 103 Å². The Balaban J connectivity index is 0.00000541. The Labute approximate surface area is 329 Å². The van der Waals surface area contributed by atoms with Crippen molar-refractivity contribution in [3.8, 4) is 11.1 Å². The van der Waals surface area contributed by atoms with E-state index in [0.717, 1.165) is 109 Å². The van der Waals surface area contributed by atoms with E-state index in [0.29, 0.717) is 0 Å². The Hall–Kier alpha value is -3.69. The molecule has 0 radical (unpaired) electrons. The topological polar surface area (TPSA) is 54.0 Å². The average Bonchev–Trinajstić information content (AvgIpc) is 3.91. The first-order valence-corrected chi connectivity index (χ1v) is 20.7. The second-order valence-electron chi connectivity index (χ2n) is 14.4. The van der Waals surface area contributed by atoms with Gasteiger partial charge in [-0.1, -0.05) is 146 Å². The third-order valence-electron chi connectivity index (χ3n) is 11.5. The third kappa shape index (κ3) is 7.40. The van der Waals surface area contributed by atoms with Crippen molar-refractivity contribution in [1.29, 1.82) is 0 Å². The second-order valence-corrected chi connectivity index (χ2v) is 14.4. The monoisotopic (exact) mass is 750 g/mol. The Morgan fingerprint density at radius 2 is 0.981 bits per heavy atom. The van der Waals surface area contributed by atoms with E-state index in [9.17, 15) is 0 Å². The van der Waals surface area contributed by atoms with Gasteiger partial charge < -0.3 is 9.97 Å². The largest absolute Gasteiger partial charge is 2.00 e. The molecule has 53 heavy (non-hydrogen) atoms. The molecule has 5 heterocycles. The molecule has 4 nitrogen and oxygen atoms in total. The first-order chi connectivity index (χ1) is 25.4. The molecule has 0 atom stereocenters. The summed E-state index contributed by atoms with van der Waals surface area (Å²) in [6.07, 6.45) is 13.2. The van der Waals surface area contributed by atoms with Gasteiger partial charge in [0, 0.05) is 0 Å². The fourth-order valence-corrected chi connectivity index (χ4v) is 9.03. The average molecular weight is 752 g/mol. The van der Waals surface area contributed by atoms with E-state index < -0.39 is 0 Å². The van der Waals surface area contributed by atoms with Gasteiger partial charge in [0.25, 0.3) is 0 Å². The predicted octanol–water partition coefficient (Wildman–Crippen LogP) is 13.1. The summed E-state index contributed by atoms with van der Waals surface area (Å²) in [5.74, 6) is 0. The van der Waals surface area contributed by atoms with Crippen LogP contribution in [0.3, 0.4) is 0 Å². The summed E-state index contributed by atoms with van der Waals surface area (Å²) < 4.78 is 0. The standard InChI is InChI=1S/C48H60N4.Ni/c1-10-19-20-24-27-39-45-35(15-6)33(13-4)42(50-45)28-40-31(11-2)32(12-3)41(49-40)29-43-34(14-5)36(16-7)47(51-43)44(30-25-22-21-23-26-30)48-38(18-9)37(17-8)46(39)52-48;/h21-23,25-26,28-29H,10-20,24,27H2,1-9H3;/q-2;+2. The van der Waals surface area contributed by atoms with Crippen molar-refractivity contribution >= 4 is 44.4 Å². The van der Waals surface area contributed by atoms with E-state index in [-0.39, 0.29) is 16.5 Å². The summed E-state index contributed by atoms with van der Waals surface area (Å²) >= 11 is 0. The molecule has 4 aromatic rings. The zero-order valence-electron chi connectivity index (χ0n) is 33.8. The number of aromatic nitrogens is 4. The molecule has 0 amide bonds. The molecular formula is C48H60N4Ni. The van der Waals surface area contributed by atoms with E-state index >= 15 is 0 Å². The maximum Gasteiger partial charge on any atom is 2.00 e. The Morgan fingerprint density at radius 1 is 0.472 bits per heavy atom. The molecular weight excluding hydrogens is 691 g/mol. The first kappa shape index (κ1) is 40.5. The Kier molecular flexibility index (Phi) is 13.8. The number of nitrogens with zero attached hydrogens (tertiary/aromatic N) is 4. The van der Waals surface area contributed by atoms with Crippen molar-refractivity contribution < 1.29 is 16.5 Å². The van der Waals surface area contributed by atoms with Crippen LogP contribution in [0.5, 0.6) is 0 Å². The predicted molar refractivity (Wildman–Crippen MR) is 225 cm³/mol. The van der Waals surface area contributed by atoms with Crippen LogP contribution in [0.2, 0.25) is 0 Å². The Morgan fingerprint density at radius 3 is 1.49 bits per heavy atom. The quantitative estimate of drug-likeness (QED) is 0.0951. The molecule has 2 aliphatic rings. The van der Waals surface area contributed by atoms with Gasteiger partial charge in [0.1, 0.15) is 0 Å². The summed E-state index contributed by atoms with van der Waals surface area (Å²) in [5.41, 5.74) is 23.3. The van der Waals surface area contributed by atoms with Crippen LogP contribution in [0.4, 0.5) is 0 Å². The summed E-state index contributed by atoms with van der Waals surface area (Å²) in [5, 5.41) is 0. The van der Waals surface area contributed by atoms with Crippen molar-refractivity contribution in [3.63, 3.8) is 0 Å². The van der Waals surface area contributed by atoms with E-state index in [4.69, 9.17) is 19.9 Å². The van der Waals surface area contributed by atoms with E-state index in [1.165, 1.54) is 80.5 Å². The van der Waals surface area contributed by atoms with Crippen LogP contribution in [0, 0.1) is 0 Å². The second kappa shape index (κ2) is 18.1. The van der Waals surface area contributed by atoms with Gasteiger partial charge >= 0.3 is 16.5 Å². The maximum atomic E-state index is 5.83. The van der Waals surface area contributed by atoms with E-state index in [2.05, 4.69) is 105 Å². The molecule has 5 heteroatoms.